The molecule has 1 aromatic heterocycles. The fourth-order valence-corrected chi connectivity index (χ4v) is 2.49. The number of anilines is 1. The van der Waals surface area contributed by atoms with Gasteiger partial charge in [-0.2, -0.15) is 0 Å². The molecule has 0 saturated heterocycles. The van der Waals surface area contributed by atoms with Crippen molar-refractivity contribution in [3.63, 3.8) is 0 Å². The Balaban J connectivity index is 1.86. The number of benzene rings is 1. The second-order valence-corrected chi connectivity index (χ2v) is 5.83. The lowest BCUT2D eigenvalue weighted by molar-refractivity contribution is -0.117. The van der Waals surface area contributed by atoms with Crippen LogP contribution in [-0.2, 0) is 11.2 Å². The van der Waals surface area contributed by atoms with Crippen molar-refractivity contribution in [2.75, 3.05) is 5.32 Å². The lowest BCUT2D eigenvalue weighted by Gasteiger charge is -2.07. The molecule has 1 fully saturated rings. The molecular formula is C17H19N3O2. The fourth-order valence-electron chi connectivity index (χ4n) is 2.49. The SMILES string of the molecule is CCc1cc(=O)[nH]c(-c2cccc(NC(=O)[C@@H]3C[C@H]3C)c2)n1. The van der Waals surface area contributed by atoms with E-state index in [1.807, 2.05) is 31.2 Å². The first-order chi connectivity index (χ1) is 10.6. The number of carbonyl (C=O) groups is 1. The van der Waals surface area contributed by atoms with Gasteiger partial charge in [0.05, 0.1) is 0 Å². The number of aromatic amines is 1. The van der Waals surface area contributed by atoms with Crippen molar-refractivity contribution >= 4 is 11.6 Å². The minimum atomic E-state index is -0.164. The van der Waals surface area contributed by atoms with Gasteiger partial charge in [-0.3, -0.25) is 9.59 Å². The average molecular weight is 297 g/mol. The second kappa shape index (κ2) is 5.75. The Hall–Kier alpha value is -2.43. The van der Waals surface area contributed by atoms with Gasteiger partial charge in [0.2, 0.25) is 5.91 Å². The average Bonchev–Trinajstić information content (AvgIpc) is 3.24. The van der Waals surface area contributed by atoms with Gasteiger partial charge in [-0.15, -0.1) is 0 Å². The number of hydrogen-bond acceptors (Lipinski definition) is 3. The highest BCUT2D eigenvalue weighted by Crippen LogP contribution is 2.38. The quantitative estimate of drug-likeness (QED) is 0.911. The standard InChI is InChI=1S/C17H19N3O2/c1-3-12-9-15(21)20-16(18-12)11-5-4-6-13(8-11)19-17(22)14-7-10(14)2/h4-6,8-10,14H,3,7H2,1-2H3,(H,19,22)(H,18,20,21)/t10-,14-/m1/s1. The van der Waals surface area contributed by atoms with Crippen LogP contribution in [0, 0.1) is 11.8 Å². The summed E-state index contributed by atoms with van der Waals surface area (Å²) in [7, 11) is 0. The van der Waals surface area contributed by atoms with Crippen LogP contribution in [0.4, 0.5) is 5.69 Å². The van der Waals surface area contributed by atoms with Crippen LogP contribution >= 0.6 is 0 Å². The minimum absolute atomic E-state index is 0.0633. The Morgan fingerprint density at radius 3 is 2.86 bits per heavy atom. The Morgan fingerprint density at radius 2 is 2.18 bits per heavy atom. The Morgan fingerprint density at radius 1 is 1.41 bits per heavy atom. The lowest BCUT2D eigenvalue weighted by Crippen LogP contribution is -2.14. The van der Waals surface area contributed by atoms with Crippen molar-refractivity contribution in [2.45, 2.75) is 26.7 Å². The summed E-state index contributed by atoms with van der Waals surface area (Å²) in [5.74, 6) is 1.20. The molecule has 2 atom stereocenters. The van der Waals surface area contributed by atoms with E-state index in [2.05, 4.69) is 22.2 Å². The van der Waals surface area contributed by atoms with Crippen LogP contribution in [0.1, 0.15) is 26.0 Å². The number of hydrogen-bond donors (Lipinski definition) is 2. The number of amides is 1. The monoisotopic (exact) mass is 297 g/mol. The molecule has 1 amide bonds. The largest absolute Gasteiger partial charge is 0.326 e. The maximum Gasteiger partial charge on any atom is 0.251 e. The van der Waals surface area contributed by atoms with E-state index in [-0.39, 0.29) is 17.4 Å². The number of H-pyrrole nitrogens is 1. The van der Waals surface area contributed by atoms with Crippen LogP contribution < -0.4 is 10.9 Å². The molecule has 5 nitrogen and oxygen atoms in total. The van der Waals surface area contributed by atoms with Gasteiger partial charge in [0.25, 0.3) is 5.56 Å². The molecule has 5 heteroatoms. The highest BCUT2D eigenvalue weighted by molar-refractivity contribution is 5.94. The second-order valence-electron chi connectivity index (χ2n) is 5.83. The van der Waals surface area contributed by atoms with Gasteiger partial charge < -0.3 is 10.3 Å². The Kier molecular flexibility index (Phi) is 3.79. The molecule has 0 radical (unpaired) electrons. The van der Waals surface area contributed by atoms with Crippen molar-refractivity contribution in [1.82, 2.24) is 9.97 Å². The van der Waals surface area contributed by atoms with E-state index < -0.39 is 0 Å². The van der Waals surface area contributed by atoms with Crippen LogP contribution in [0.15, 0.2) is 35.1 Å². The Bertz CT molecular complexity index is 766. The maximum absolute atomic E-state index is 12.0. The zero-order valence-corrected chi connectivity index (χ0v) is 12.7. The molecule has 22 heavy (non-hydrogen) atoms. The predicted molar refractivity (Wildman–Crippen MR) is 85.6 cm³/mol. The van der Waals surface area contributed by atoms with Crippen molar-refractivity contribution in [3.8, 4) is 11.4 Å². The highest BCUT2D eigenvalue weighted by Gasteiger charge is 2.39. The third-order valence-corrected chi connectivity index (χ3v) is 4.01. The smallest absolute Gasteiger partial charge is 0.251 e. The van der Waals surface area contributed by atoms with Gasteiger partial charge in [0, 0.05) is 28.9 Å². The first-order valence-corrected chi connectivity index (χ1v) is 7.58. The third-order valence-electron chi connectivity index (χ3n) is 4.01. The molecule has 0 spiro atoms. The molecule has 1 aliphatic carbocycles. The number of nitrogens with one attached hydrogen (secondary N) is 2. The summed E-state index contributed by atoms with van der Waals surface area (Å²) < 4.78 is 0. The van der Waals surface area contributed by atoms with Gasteiger partial charge >= 0.3 is 0 Å². The topological polar surface area (TPSA) is 74.8 Å². The molecule has 0 aliphatic heterocycles. The van der Waals surface area contributed by atoms with Gasteiger partial charge in [0.15, 0.2) is 0 Å². The number of aromatic nitrogens is 2. The molecule has 0 bridgehead atoms. The maximum atomic E-state index is 12.0. The highest BCUT2D eigenvalue weighted by atomic mass is 16.2. The number of rotatable bonds is 4. The number of nitrogens with zero attached hydrogens (tertiary/aromatic N) is 1. The van der Waals surface area contributed by atoms with Crippen LogP contribution in [-0.4, -0.2) is 15.9 Å². The molecule has 1 aromatic carbocycles. The Labute approximate surface area is 128 Å². The molecule has 1 saturated carbocycles. The van der Waals surface area contributed by atoms with E-state index >= 15 is 0 Å². The van der Waals surface area contributed by atoms with Gasteiger partial charge in [-0.05, 0) is 30.9 Å². The van der Waals surface area contributed by atoms with E-state index in [0.29, 0.717) is 18.2 Å². The van der Waals surface area contributed by atoms with Gasteiger partial charge in [-0.1, -0.05) is 26.0 Å². The van der Waals surface area contributed by atoms with Gasteiger partial charge in [0.1, 0.15) is 5.82 Å². The summed E-state index contributed by atoms with van der Waals surface area (Å²) in [5.41, 5.74) is 2.10. The summed E-state index contributed by atoms with van der Waals surface area (Å²) in [5, 5.41) is 2.93. The minimum Gasteiger partial charge on any atom is -0.326 e. The van der Waals surface area contributed by atoms with Crippen LogP contribution in [0.5, 0.6) is 0 Å². The number of aryl methyl sites for hydroxylation is 1. The van der Waals surface area contributed by atoms with E-state index in [1.165, 1.54) is 6.07 Å². The van der Waals surface area contributed by atoms with Crippen LogP contribution in [0.2, 0.25) is 0 Å². The van der Waals surface area contributed by atoms with Crippen LogP contribution in [0.25, 0.3) is 11.4 Å². The zero-order valence-electron chi connectivity index (χ0n) is 12.7. The summed E-state index contributed by atoms with van der Waals surface area (Å²) >= 11 is 0. The fraction of sp³-hybridized carbons (Fsp3) is 0.353. The first kappa shape index (κ1) is 14.5. The summed E-state index contributed by atoms with van der Waals surface area (Å²) in [6, 6.07) is 8.90. The molecule has 1 heterocycles. The molecule has 2 N–H and O–H groups in total. The van der Waals surface area contributed by atoms with Crippen molar-refractivity contribution < 1.29 is 4.79 Å². The molecule has 2 aromatic rings. The predicted octanol–water partition coefficient (Wildman–Crippen LogP) is 2.59. The summed E-state index contributed by atoms with van der Waals surface area (Å²) in [6.45, 7) is 4.03. The molecule has 3 rings (SSSR count). The first-order valence-electron chi connectivity index (χ1n) is 7.58. The van der Waals surface area contributed by atoms with Gasteiger partial charge in [-0.25, -0.2) is 4.98 Å². The van der Waals surface area contributed by atoms with Crippen molar-refractivity contribution in [1.29, 1.82) is 0 Å². The summed E-state index contributed by atoms with van der Waals surface area (Å²) in [6.07, 6.45) is 1.66. The lowest BCUT2D eigenvalue weighted by atomic mass is 10.1. The van der Waals surface area contributed by atoms with Crippen molar-refractivity contribution in [2.24, 2.45) is 11.8 Å². The van der Waals surface area contributed by atoms with E-state index in [9.17, 15) is 9.59 Å². The van der Waals surface area contributed by atoms with E-state index in [0.717, 1.165) is 23.4 Å². The van der Waals surface area contributed by atoms with E-state index in [4.69, 9.17) is 0 Å². The van der Waals surface area contributed by atoms with Crippen LogP contribution in [0.3, 0.4) is 0 Å². The number of carbonyl (C=O) groups excluding carboxylic acids is 1. The third kappa shape index (κ3) is 3.08. The summed E-state index contributed by atoms with van der Waals surface area (Å²) in [4.78, 5) is 30.9. The molecule has 114 valence electrons. The zero-order chi connectivity index (χ0) is 15.7. The molecule has 1 aliphatic rings. The molecule has 0 unspecified atom stereocenters. The normalized spacial score (nSPS) is 19.7. The molecular weight excluding hydrogens is 278 g/mol. The van der Waals surface area contributed by atoms with E-state index in [1.54, 1.807) is 0 Å². The van der Waals surface area contributed by atoms with Crippen molar-refractivity contribution in [3.05, 3.63) is 46.4 Å².